The summed E-state index contributed by atoms with van der Waals surface area (Å²) >= 11 is 2.09. The zero-order chi connectivity index (χ0) is 9.14. The predicted molar refractivity (Wildman–Crippen MR) is 53.3 cm³/mol. The Kier molecular flexibility index (Phi) is 2.99. The Bertz CT molecular complexity index is 314. The minimum Gasteiger partial charge on any atom is -0.290 e. The van der Waals surface area contributed by atoms with Gasteiger partial charge in [0.2, 0.25) is 0 Å². The highest BCUT2D eigenvalue weighted by Gasteiger charge is 2.07. The quantitative estimate of drug-likeness (QED) is 0.342. The Labute approximate surface area is 83.7 Å². The molecule has 12 heavy (non-hydrogen) atoms. The highest BCUT2D eigenvalue weighted by Crippen LogP contribution is 2.09. The summed E-state index contributed by atoms with van der Waals surface area (Å²) in [6.07, 6.45) is 1.70. The summed E-state index contributed by atoms with van der Waals surface area (Å²) in [4.78, 5) is 15.1. The van der Waals surface area contributed by atoms with Crippen molar-refractivity contribution in [2.24, 2.45) is 5.84 Å². The molecule has 0 aliphatic heterocycles. The van der Waals surface area contributed by atoms with Crippen LogP contribution in [0.3, 0.4) is 0 Å². The minimum absolute atomic E-state index is 0.307. The van der Waals surface area contributed by atoms with E-state index in [1.807, 2.05) is 0 Å². The van der Waals surface area contributed by atoms with Gasteiger partial charge >= 0.3 is 0 Å². The lowest BCUT2D eigenvalue weighted by Crippen LogP contribution is -2.30. The first-order valence-corrected chi connectivity index (χ1v) is 4.36. The molecule has 4 nitrogen and oxygen atoms in total. The van der Waals surface area contributed by atoms with Gasteiger partial charge in [-0.05, 0) is 35.6 Å². The number of amides is 1. The normalized spacial score (nSPS) is 9.58. The van der Waals surface area contributed by atoms with Crippen molar-refractivity contribution in [3.63, 3.8) is 0 Å². The second-order valence-electron chi connectivity index (χ2n) is 2.26. The molecule has 0 atom stereocenters. The Morgan fingerprint density at radius 1 is 1.75 bits per heavy atom. The van der Waals surface area contributed by atoms with E-state index in [0.29, 0.717) is 11.3 Å². The number of hydrogen-bond donors (Lipinski definition) is 2. The van der Waals surface area contributed by atoms with Crippen molar-refractivity contribution in [2.75, 3.05) is 0 Å². The topological polar surface area (TPSA) is 68.0 Å². The molecule has 0 saturated heterocycles. The maximum absolute atomic E-state index is 11.1. The van der Waals surface area contributed by atoms with Crippen LogP contribution in [0.1, 0.15) is 16.1 Å². The Balaban J connectivity index is 3.13. The molecule has 1 heterocycles. The highest BCUT2D eigenvalue weighted by molar-refractivity contribution is 14.1. The van der Waals surface area contributed by atoms with Crippen LogP contribution in [0.15, 0.2) is 12.3 Å². The molecule has 0 fully saturated rings. The molecule has 0 unspecified atom stereocenters. The van der Waals surface area contributed by atoms with E-state index in [1.165, 1.54) is 0 Å². The van der Waals surface area contributed by atoms with Crippen LogP contribution in [-0.2, 0) is 0 Å². The average Bonchev–Trinajstić information content (AvgIpc) is 2.08. The monoisotopic (exact) mass is 277 g/mol. The fraction of sp³-hybridized carbons (Fsp3) is 0.143. The van der Waals surface area contributed by atoms with Crippen molar-refractivity contribution in [1.82, 2.24) is 10.4 Å². The highest BCUT2D eigenvalue weighted by atomic mass is 127. The maximum atomic E-state index is 11.1. The third kappa shape index (κ3) is 1.92. The SMILES string of the molecule is Cc1ncc(I)cc1C(=O)NN. The predicted octanol–water partition coefficient (Wildman–Crippen LogP) is 0.598. The van der Waals surface area contributed by atoms with Gasteiger partial charge in [-0.3, -0.25) is 15.2 Å². The van der Waals surface area contributed by atoms with Gasteiger partial charge in [0, 0.05) is 9.77 Å². The van der Waals surface area contributed by atoms with Crippen molar-refractivity contribution in [3.8, 4) is 0 Å². The largest absolute Gasteiger partial charge is 0.290 e. The summed E-state index contributed by atoms with van der Waals surface area (Å²) in [7, 11) is 0. The van der Waals surface area contributed by atoms with E-state index in [0.717, 1.165) is 3.57 Å². The summed E-state index contributed by atoms with van der Waals surface area (Å²) < 4.78 is 0.914. The van der Waals surface area contributed by atoms with Gasteiger partial charge in [-0.25, -0.2) is 5.84 Å². The number of carbonyl (C=O) groups is 1. The van der Waals surface area contributed by atoms with Gasteiger partial charge in [-0.2, -0.15) is 0 Å². The Morgan fingerprint density at radius 3 is 3.00 bits per heavy atom. The number of nitrogens with one attached hydrogen (secondary N) is 1. The van der Waals surface area contributed by atoms with Crippen LogP contribution in [0.5, 0.6) is 0 Å². The van der Waals surface area contributed by atoms with E-state index in [1.54, 1.807) is 19.2 Å². The van der Waals surface area contributed by atoms with Crippen LogP contribution in [0.2, 0.25) is 0 Å². The molecule has 0 aliphatic carbocycles. The van der Waals surface area contributed by atoms with E-state index in [2.05, 4.69) is 33.0 Å². The minimum atomic E-state index is -0.307. The third-order valence-electron chi connectivity index (χ3n) is 1.43. The molecule has 1 aromatic rings. The van der Waals surface area contributed by atoms with Gasteiger partial charge < -0.3 is 0 Å². The molecule has 1 rings (SSSR count). The smallest absolute Gasteiger partial charge is 0.267 e. The number of nitrogens with zero attached hydrogens (tertiary/aromatic N) is 1. The van der Waals surface area contributed by atoms with Gasteiger partial charge in [-0.15, -0.1) is 0 Å². The first kappa shape index (κ1) is 9.40. The van der Waals surface area contributed by atoms with E-state index in [9.17, 15) is 4.79 Å². The molecule has 0 spiro atoms. The van der Waals surface area contributed by atoms with Gasteiger partial charge in [0.1, 0.15) is 0 Å². The number of nitrogen functional groups attached to an aromatic ring is 1. The zero-order valence-electron chi connectivity index (χ0n) is 6.47. The number of pyridine rings is 1. The summed E-state index contributed by atoms with van der Waals surface area (Å²) in [6, 6.07) is 1.74. The second kappa shape index (κ2) is 3.81. The second-order valence-corrected chi connectivity index (χ2v) is 3.51. The number of rotatable bonds is 1. The zero-order valence-corrected chi connectivity index (χ0v) is 8.62. The molecule has 64 valence electrons. The summed E-state index contributed by atoms with van der Waals surface area (Å²) in [5.74, 6) is 4.69. The number of aryl methyl sites for hydroxylation is 1. The van der Waals surface area contributed by atoms with Crippen molar-refractivity contribution < 1.29 is 4.79 Å². The van der Waals surface area contributed by atoms with Crippen LogP contribution >= 0.6 is 22.6 Å². The van der Waals surface area contributed by atoms with Gasteiger partial charge in [0.25, 0.3) is 5.91 Å². The molecule has 0 aromatic carbocycles. The summed E-state index contributed by atoms with van der Waals surface area (Å²) in [6.45, 7) is 1.76. The van der Waals surface area contributed by atoms with Crippen LogP contribution < -0.4 is 11.3 Å². The van der Waals surface area contributed by atoms with Gasteiger partial charge in [0.15, 0.2) is 0 Å². The van der Waals surface area contributed by atoms with Crippen molar-refractivity contribution >= 4 is 28.5 Å². The number of hydrogen-bond acceptors (Lipinski definition) is 3. The number of halogens is 1. The Morgan fingerprint density at radius 2 is 2.42 bits per heavy atom. The molecule has 1 amide bonds. The fourth-order valence-corrected chi connectivity index (χ4v) is 1.27. The lowest BCUT2D eigenvalue weighted by Gasteiger charge is -2.02. The first-order chi connectivity index (χ1) is 5.65. The van der Waals surface area contributed by atoms with E-state index < -0.39 is 0 Å². The molecule has 0 radical (unpaired) electrons. The molecule has 0 bridgehead atoms. The lowest BCUT2D eigenvalue weighted by atomic mass is 10.2. The molecule has 3 N–H and O–H groups in total. The standard InChI is InChI=1S/C7H8IN3O/c1-4-6(7(12)11-9)2-5(8)3-10-4/h2-3H,9H2,1H3,(H,11,12). The van der Waals surface area contributed by atoms with Crippen molar-refractivity contribution in [3.05, 3.63) is 27.1 Å². The van der Waals surface area contributed by atoms with E-state index in [-0.39, 0.29) is 5.91 Å². The van der Waals surface area contributed by atoms with Gasteiger partial charge in [0.05, 0.1) is 11.3 Å². The van der Waals surface area contributed by atoms with E-state index >= 15 is 0 Å². The number of carbonyl (C=O) groups excluding carboxylic acids is 1. The van der Waals surface area contributed by atoms with Crippen molar-refractivity contribution in [1.29, 1.82) is 0 Å². The average molecular weight is 277 g/mol. The summed E-state index contributed by atoms with van der Waals surface area (Å²) in [5, 5.41) is 0. The number of hydrazine groups is 1. The molecule has 5 heteroatoms. The number of aromatic nitrogens is 1. The first-order valence-electron chi connectivity index (χ1n) is 3.28. The summed E-state index contributed by atoms with van der Waals surface area (Å²) in [5.41, 5.74) is 3.26. The van der Waals surface area contributed by atoms with Crippen molar-refractivity contribution in [2.45, 2.75) is 6.92 Å². The number of nitrogens with two attached hydrogens (primary N) is 1. The molecule has 1 aromatic heterocycles. The van der Waals surface area contributed by atoms with Crippen LogP contribution in [0.4, 0.5) is 0 Å². The van der Waals surface area contributed by atoms with Crippen LogP contribution in [0.25, 0.3) is 0 Å². The fourth-order valence-electron chi connectivity index (χ4n) is 0.815. The Hall–Kier alpha value is -0.690. The maximum Gasteiger partial charge on any atom is 0.267 e. The molecular formula is C7H8IN3O. The van der Waals surface area contributed by atoms with Gasteiger partial charge in [-0.1, -0.05) is 0 Å². The molecular weight excluding hydrogens is 269 g/mol. The van der Waals surface area contributed by atoms with Crippen LogP contribution in [-0.4, -0.2) is 10.9 Å². The van der Waals surface area contributed by atoms with E-state index in [4.69, 9.17) is 5.84 Å². The molecule has 0 saturated carbocycles. The molecule has 0 aliphatic rings. The van der Waals surface area contributed by atoms with Crippen LogP contribution in [0, 0.1) is 10.5 Å². The third-order valence-corrected chi connectivity index (χ3v) is 2.02. The lowest BCUT2D eigenvalue weighted by molar-refractivity contribution is 0.0952.